The molecule has 1 heterocycles. The molecule has 100 valence electrons. The van der Waals surface area contributed by atoms with E-state index in [2.05, 4.69) is 12.2 Å². The summed E-state index contributed by atoms with van der Waals surface area (Å²) < 4.78 is 28.5. The SMILES string of the molecule is CC1CCOC(c2ccc(S(C)(=O)=O)cc2)CN1. The van der Waals surface area contributed by atoms with Gasteiger partial charge in [0.15, 0.2) is 9.84 Å². The van der Waals surface area contributed by atoms with E-state index in [0.717, 1.165) is 25.1 Å². The minimum atomic E-state index is -3.12. The molecule has 1 saturated heterocycles. The molecule has 0 radical (unpaired) electrons. The van der Waals surface area contributed by atoms with Crippen LogP contribution < -0.4 is 5.32 Å². The van der Waals surface area contributed by atoms with Gasteiger partial charge in [-0.3, -0.25) is 0 Å². The van der Waals surface area contributed by atoms with Crippen molar-refractivity contribution in [2.45, 2.75) is 30.4 Å². The Kier molecular flexibility index (Phi) is 4.04. The van der Waals surface area contributed by atoms with Gasteiger partial charge in [-0.05, 0) is 31.0 Å². The summed E-state index contributed by atoms with van der Waals surface area (Å²) >= 11 is 0. The molecule has 2 atom stereocenters. The first-order valence-corrected chi connectivity index (χ1v) is 8.01. The van der Waals surface area contributed by atoms with Crippen molar-refractivity contribution in [2.24, 2.45) is 0 Å². The van der Waals surface area contributed by atoms with E-state index in [9.17, 15) is 8.42 Å². The predicted molar refractivity (Wildman–Crippen MR) is 70.3 cm³/mol. The first kappa shape index (κ1) is 13.5. The van der Waals surface area contributed by atoms with Crippen LogP contribution >= 0.6 is 0 Å². The van der Waals surface area contributed by atoms with Crippen LogP contribution in [0.2, 0.25) is 0 Å². The van der Waals surface area contributed by atoms with Crippen molar-refractivity contribution in [3.8, 4) is 0 Å². The Morgan fingerprint density at radius 1 is 1.28 bits per heavy atom. The van der Waals surface area contributed by atoms with Crippen LogP contribution in [0.25, 0.3) is 0 Å². The Balaban J connectivity index is 2.14. The molecule has 2 unspecified atom stereocenters. The first-order valence-electron chi connectivity index (χ1n) is 6.12. The van der Waals surface area contributed by atoms with Crippen molar-refractivity contribution in [1.82, 2.24) is 5.32 Å². The van der Waals surface area contributed by atoms with Crippen molar-refractivity contribution in [3.05, 3.63) is 29.8 Å². The molecule has 0 aliphatic carbocycles. The van der Waals surface area contributed by atoms with Crippen molar-refractivity contribution in [3.63, 3.8) is 0 Å². The molecule has 4 nitrogen and oxygen atoms in total. The van der Waals surface area contributed by atoms with Crippen molar-refractivity contribution in [2.75, 3.05) is 19.4 Å². The van der Waals surface area contributed by atoms with Crippen LogP contribution in [0.4, 0.5) is 0 Å². The maximum absolute atomic E-state index is 11.4. The highest BCUT2D eigenvalue weighted by atomic mass is 32.2. The fourth-order valence-corrected chi connectivity index (χ4v) is 2.63. The van der Waals surface area contributed by atoms with E-state index in [4.69, 9.17) is 4.74 Å². The summed E-state index contributed by atoms with van der Waals surface area (Å²) in [6.45, 7) is 3.63. The summed E-state index contributed by atoms with van der Waals surface area (Å²) in [5.74, 6) is 0. The lowest BCUT2D eigenvalue weighted by atomic mass is 10.1. The van der Waals surface area contributed by atoms with Gasteiger partial charge in [-0.2, -0.15) is 0 Å². The monoisotopic (exact) mass is 269 g/mol. The molecule has 2 rings (SSSR count). The van der Waals surface area contributed by atoms with Gasteiger partial charge < -0.3 is 10.1 Å². The second-order valence-corrected chi connectivity index (χ2v) is 6.81. The summed E-state index contributed by atoms with van der Waals surface area (Å²) in [6.07, 6.45) is 2.22. The van der Waals surface area contributed by atoms with Crippen LogP contribution in [0.1, 0.15) is 25.0 Å². The predicted octanol–water partition coefficient (Wildman–Crippen LogP) is 1.53. The van der Waals surface area contributed by atoms with E-state index in [0.29, 0.717) is 10.9 Å². The molecule has 0 spiro atoms. The summed E-state index contributed by atoms with van der Waals surface area (Å²) in [6, 6.07) is 7.41. The maximum atomic E-state index is 11.4. The fourth-order valence-electron chi connectivity index (χ4n) is 2.00. The third kappa shape index (κ3) is 3.31. The quantitative estimate of drug-likeness (QED) is 0.884. The van der Waals surface area contributed by atoms with Crippen molar-refractivity contribution in [1.29, 1.82) is 0 Å². The van der Waals surface area contributed by atoms with Gasteiger partial charge in [0.05, 0.1) is 11.0 Å². The fraction of sp³-hybridized carbons (Fsp3) is 0.538. The molecular weight excluding hydrogens is 250 g/mol. The third-order valence-corrected chi connectivity index (χ3v) is 4.33. The van der Waals surface area contributed by atoms with Gasteiger partial charge in [0.25, 0.3) is 0 Å². The maximum Gasteiger partial charge on any atom is 0.175 e. The smallest absolute Gasteiger partial charge is 0.175 e. The van der Waals surface area contributed by atoms with Gasteiger partial charge in [0.1, 0.15) is 0 Å². The van der Waals surface area contributed by atoms with E-state index >= 15 is 0 Å². The summed E-state index contributed by atoms with van der Waals surface area (Å²) in [5, 5.41) is 3.39. The Morgan fingerprint density at radius 2 is 1.94 bits per heavy atom. The average Bonchev–Trinajstić information content (AvgIpc) is 2.53. The van der Waals surface area contributed by atoms with Crippen LogP contribution in [-0.4, -0.2) is 33.9 Å². The van der Waals surface area contributed by atoms with Crippen LogP contribution in [0.5, 0.6) is 0 Å². The average molecular weight is 269 g/mol. The number of sulfone groups is 1. The third-order valence-electron chi connectivity index (χ3n) is 3.20. The van der Waals surface area contributed by atoms with Crippen LogP contribution in [0.15, 0.2) is 29.2 Å². The van der Waals surface area contributed by atoms with Crippen LogP contribution in [-0.2, 0) is 14.6 Å². The summed E-state index contributed by atoms with van der Waals surface area (Å²) in [7, 11) is -3.12. The molecule has 1 aromatic rings. The largest absolute Gasteiger partial charge is 0.372 e. The molecule has 1 aliphatic rings. The number of hydrogen-bond acceptors (Lipinski definition) is 4. The molecular formula is C13H19NO3S. The second kappa shape index (κ2) is 5.38. The Labute approximate surface area is 108 Å². The molecule has 0 saturated carbocycles. The zero-order chi connectivity index (χ0) is 13.2. The number of ether oxygens (including phenoxy) is 1. The van der Waals surface area contributed by atoms with Gasteiger partial charge in [-0.15, -0.1) is 0 Å². The Morgan fingerprint density at radius 3 is 2.56 bits per heavy atom. The topological polar surface area (TPSA) is 55.4 Å². The normalized spacial score (nSPS) is 25.7. The van der Waals surface area contributed by atoms with Gasteiger partial charge >= 0.3 is 0 Å². The highest BCUT2D eigenvalue weighted by Crippen LogP contribution is 2.21. The van der Waals surface area contributed by atoms with Crippen molar-refractivity contribution >= 4 is 9.84 Å². The lowest BCUT2D eigenvalue weighted by Gasteiger charge is -2.16. The van der Waals surface area contributed by atoms with E-state index in [1.54, 1.807) is 12.1 Å². The zero-order valence-corrected chi connectivity index (χ0v) is 11.5. The molecule has 18 heavy (non-hydrogen) atoms. The zero-order valence-electron chi connectivity index (χ0n) is 10.7. The molecule has 1 fully saturated rings. The summed E-state index contributed by atoms with van der Waals surface area (Å²) in [5.41, 5.74) is 1.02. The highest BCUT2D eigenvalue weighted by Gasteiger charge is 2.18. The minimum Gasteiger partial charge on any atom is -0.372 e. The van der Waals surface area contributed by atoms with Gasteiger partial charge in [0.2, 0.25) is 0 Å². The van der Waals surface area contributed by atoms with E-state index in [1.165, 1.54) is 6.26 Å². The standard InChI is InChI=1S/C13H19NO3S/c1-10-7-8-17-13(9-14-10)11-3-5-12(6-4-11)18(2,15)16/h3-6,10,13-14H,7-9H2,1-2H3. The highest BCUT2D eigenvalue weighted by molar-refractivity contribution is 7.90. The number of hydrogen-bond donors (Lipinski definition) is 1. The summed E-state index contributed by atoms with van der Waals surface area (Å²) in [4.78, 5) is 0.348. The molecule has 1 aliphatic heterocycles. The first-order chi connectivity index (χ1) is 8.47. The van der Waals surface area contributed by atoms with E-state index in [1.807, 2.05) is 12.1 Å². The van der Waals surface area contributed by atoms with E-state index in [-0.39, 0.29) is 6.10 Å². The molecule has 0 amide bonds. The van der Waals surface area contributed by atoms with Crippen LogP contribution in [0.3, 0.4) is 0 Å². The van der Waals surface area contributed by atoms with Crippen molar-refractivity contribution < 1.29 is 13.2 Å². The van der Waals surface area contributed by atoms with Gasteiger partial charge in [-0.25, -0.2) is 8.42 Å². The van der Waals surface area contributed by atoms with E-state index < -0.39 is 9.84 Å². The number of nitrogens with one attached hydrogen (secondary N) is 1. The lowest BCUT2D eigenvalue weighted by molar-refractivity contribution is 0.0664. The lowest BCUT2D eigenvalue weighted by Crippen LogP contribution is -2.27. The Bertz CT molecular complexity index is 495. The molecule has 5 heteroatoms. The number of rotatable bonds is 2. The molecule has 1 N–H and O–H groups in total. The van der Waals surface area contributed by atoms with Gasteiger partial charge in [-0.1, -0.05) is 12.1 Å². The Hall–Kier alpha value is -0.910. The second-order valence-electron chi connectivity index (χ2n) is 4.80. The number of benzene rings is 1. The molecule has 0 aromatic heterocycles. The molecule has 0 bridgehead atoms. The van der Waals surface area contributed by atoms with Crippen LogP contribution in [0, 0.1) is 0 Å². The molecule has 1 aromatic carbocycles. The minimum absolute atomic E-state index is 0.00330. The van der Waals surface area contributed by atoms with Gasteiger partial charge in [0, 0.05) is 25.4 Å².